The van der Waals surface area contributed by atoms with Crippen LogP contribution in [0.4, 0.5) is 0 Å². The van der Waals surface area contributed by atoms with Gasteiger partial charge in [-0.1, -0.05) is 0 Å². The Morgan fingerprint density at radius 2 is 1.94 bits per heavy atom. The third-order valence-corrected chi connectivity index (χ3v) is 4.50. The van der Waals surface area contributed by atoms with Gasteiger partial charge < -0.3 is 5.32 Å². The summed E-state index contributed by atoms with van der Waals surface area (Å²) in [4.78, 5) is 2.55. The lowest BCUT2D eigenvalue weighted by Crippen LogP contribution is -2.52. The molecule has 2 N–H and O–H groups in total. The van der Waals surface area contributed by atoms with Crippen LogP contribution >= 0.6 is 0 Å². The molecule has 18 heavy (non-hydrogen) atoms. The van der Waals surface area contributed by atoms with Gasteiger partial charge >= 0.3 is 0 Å². The van der Waals surface area contributed by atoms with Crippen LogP contribution in [-0.2, 0) is 10.0 Å². The fourth-order valence-corrected chi connectivity index (χ4v) is 3.74. The number of likely N-dealkylation sites (tertiary alicyclic amines) is 1. The van der Waals surface area contributed by atoms with E-state index in [1.165, 1.54) is 32.1 Å². The number of rotatable bonds is 6. The zero-order valence-electron chi connectivity index (χ0n) is 11.6. The summed E-state index contributed by atoms with van der Waals surface area (Å²) in [7, 11) is -3.14. The van der Waals surface area contributed by atoms with Crippen LogP contribution in [-0.4, -0.2) is 56.8 Å². The highest BCUT2D eigenvalue weighted by Gasteiger charge is 2.34. The van der Waals surface area contributed by atoms with E-state index in [1.807, 2.05) is 13.8 Å². The maximum Gasteiger partial charge on any atom is 0.209 e. The van der Waals surface area contributed by atoms with Crippen LogP contribution in [0.2, 0.25) is 0 Å². The van der Waals surface area contributed by atoms with Crippen molar-refractivity contribution in [2.75, 3.05) is 25.9 Å². The third kappa shape index (κ3) is 4.50. The summed E-state index contributed by atoms with van der Waals surface area (Å²) >= 11 is 0. The molecule has 0 aromatic heterocycles. The molecule has 0 aromatic rings. The summed E-state index contributed by atoms with van der Waals surface area (Å²) in [5.41, 5.74) is -0.430. The average molecular weight is 275 g/mol. The highest BCUT2D eigenvalue weighted by atomic mass is 32.2. The normalized spacial score (nSPS) is 26.7. The first kappa shape index (κ1) is 14.2. The topological polar surface area (TPSA) is 61.4 Å². The van der Waals surface area contributed by atoms with Crippen molar-refractivity contribution < 1.29 is 8.42 Å². The van der Waals surface area contributed by atoms with Gasteiger partial charge in [-0.05, 0) is 33.1 Å². The average Bonchev–Trinajstić information content (AvgIpc) is 2.92. The van der Waals surface area contributed by atoms with Crippen LogP contribution < -0.4 is 10.0 Å². The van der Waals surface area contributed by atoms with Gasteiger partial charge in [-0.15, -0.1) is 0 Å². The first-order chi connectivity index (χ1) is 8.25. The van der Waals surface area contributed by atoms with Crippen molar-refractivity contribution in [3.63, 3.8) is 0 Å². The van der Waals surface area contributed by atoms with Gasteiger partial charge in [0, 0.05) is 37.3 Å². The number of nitrogens with one attached hydrogen (secondary N) is 2. The van der Waals surface area contributed by atoms with E-state index >= 15 is 0 Å². The van der Waals surface area contributed by atoms with Crippen LogP contribution in [0.15, 0.2) is 0 Å². The molecule has 1 heterocycles. The Hall–Kier alpha value is -0.170. The standard InChI is InChI=1S/C12H25N3O2S/c1-12(2,14-18(3,16)17)9-13-10-6-7-15(8-10)11-4-5-11/h10-11,13-14H,4-9H2,1-3H3. The minimum absolute atomic E-state index is 0.430. The molecule has 5 nitrogen and oxygen atoms in total. The van der Waals surface area contributed by atoms with Gasteiger partial charge in [0.05, 0.1) is 6.26 Å². The Labute approximate surface area is 110 Å². The minimum atomic E-state index is -3.14. The Morgan fingerprint density at radius 3 is 2.50 bits per heavy atom. The lowest BCUT2D eigenvalue weighted by Gasteiger charge is -2.27. The molecule has 2 rings (SSSR count). The fourth-order valence-electron chi connectivity index (χ4n) is 2.66. The summed E-state index contributed by atoms with van der Waals surface area (Å²) in [5, 5.41) is 3.49. The third-order valence-electron chi connectivity index (χ3n) is 3.58. The molecule has 106 valence electrons. The lowest BCUT2D eigenvalue weighted by atomic mass is 10.1. The largest absolute Gasteiger partial charge is 0.311 e. The Kier molecular flexibility index (Phi) is 4.02. The second-order valence-electron chi connectivity index (χ2n) is 6.35. The Bertz CT molecular complexity index is 390. The molecule has 1 aliphatic carbocycles. The summed E-state index contributed by atoms with van der Waals surface area (Å²) in [5.74, 6) is 0. The zero-order valence-corrected chi connectivity index (χ0v) is 12.4. The van der Waals surface area contributed by atoms with E-state index in [1.54, 1.807) is 0 Å². The molecule has 0 aromatic carbocycles. The van der Waals surface area contributed by atoms with Crippen LogP contribution in [0.3, 0.4) is 0 Å². The van der Waals surface area contributed by atoms with Crippen LogP contribution in [0.1, 0.15) is 33.1 Å². The van der Waals surface area contributed by atoms with Gasteiger partial charge in [-0.3, -0.25) is 4.90 Å². The first-order valence-electron chi connectivity index (χ1n) is 6.72. The summed E-state index contributed by atoms with van der Waals surface area (Å²) < 4.78 is 25.2. The number of sulfonamides is 1. The van der Waals surface area contributed by atoms with Crippen molar-refractivity contribution in [1.29, 1.82) is 0 Å². The van der Waals surface area contributed by atoms with Crippen molar-refractivity contribution in [3.05, 3.63) is 0 Å². The highest BCUT2D eigenvalue weighted by Crippen LogP contribution is 2.29. The monoisotopic (exact) mass is 275 g/mol. The zero-order chi connectivity index (χ0) is 13.4. The molecular weight excluding hydrogens is 250 g/mol. The Morgan fingerprint density at radius 1 is 1.28 bits per heavy atom. The van der Waals surface area contributed by atoms with Crippen molar-refractivity contribution in [2.24, 2.45) is 0 Å². The summed E-state index contributed by atoms with van der Waals surface area (Å²) in [6, 6.07) is 1.34. The van der Waals surface area contributed by atoms with Crippen LogP contribution in [0.5, 0.6) is 0 Å². The fraction of sp³-hybridized carbons (Fsp3) is 1.00. The van der Waals surface area contributed by atoms with E-state index in [0.717, 1.165) is 12.6 Å². The van der Waals surface area contributed by atoms with Crippen molar-refractivity contribution >= 4 is 10.0 Å². The van der Waals surface area contributed by atoms with Gasteiger partial charge in [0.25, 0.3) is 0 Å². The molecule has 2 aliphatic rings. The molecule has 1 saturated carbocycles. The molecule has 1 atom stereocenters. The molecule has 0 spiro atoms. The van der Waals surface area contributed by atoms with Gasteiger partial charge in [-0.25, -0.2) is 13.1 Å². The molecule has 2 fully saturated rings. The van der Waals surface area contributed by atoms with E-state index in [9.17, 15) is 8.42 Å². The van der Waals surface area contributed by atoms with E-state index < -0.39 is 15.6 Å². The minimum Gasteiger partial charge on any atom is -0.311 e. The SMILES string of the molecule is CC(C)(CNC1CCN(C2CC2)C1)NS(C)(=O)=O. The molecule has 1 saturated heterocycles. The predicted molar refractivity (Wildman–Crippen MR) is 73.1 cm³/mol. The molecular formula is C12H25N3O2S. The lowest BCUT2D eigenvalue weighted by molar-refractivity contribution is 0.311. The van der Waals surface area contributed by atoms with Crippen molar-refractivity contribution in [2.45, 2.75) is 50.7 Å². The Balaban J connectivity index is 1.74. The number of nitrogens with zero attached hydrogens (tertiary/aromatic N) is 1. The second kappa shape index (κ2) is 5.07. The first-order valence-corrected chi connectivity index (χ1v) is 8.61. The van der Waals surface area contributed by atoms with Crippen LogP contribution in [0, 0.1) is 0 Å². The quantitative estimate of drug-likeness (QED) is 0.724. The highest BCUT2D eigenvalue weighted by molar-refractivity contribution is 7.88. The van der Waals surface area contributed by atoms with Gasteiger partial charge in [0.1, 0.15) is 0 Å². The molecule has 0 radical (unpaired) electrons. The molecule has 0 amide bonds. The maximum absolute atomic E-state index is 11.2. The summed E-state index contributed by atoms with van der Waals surface area (Å²) in [6.07, 6.45) is 5.09. The van der Waals surface area contributed by atoms with E-state index in [4.69, 9.17) is 0 Å². The van der Waals surface area contributed by atoms with E-state index in [-0.39, 0.29) is 0 Å². The molecule has 1 aliphatic heterocycles. The smallest absolute Gasteiger partial charge is 0.209 e. The molecule has 1 unspecified atom stereocenters. The molecule has 0 bridgehead atoms. The van der Waals surface area contributed by atoms with Crippen LogP contribution in [0.25, 0.3) is 0 Å². The number of hydrogen-bond acceptors (Lipinski definition) is 4. The molecule has 6 heteroatoms. The van der Waals surface area contributed by atoms with Gasteiger partial charge in [-0.2, -0.15) is 0 Å². The number of hydrogen-bond donors (Lipinski definition) is 2. The van der Waals surface area contributed by atoms with Crippen molar-refractivity contribution in [3.8, 4) is 0 Å². The predicted octanol–water partition coefficient (Wildman–Crippen LogP) is 0.141. The summed E-state index contributed by atoms with van der Waals surface area (Å²) in [6.45, 7) is 6.79. The maximum atomic E-state index is 11.2. The van der Waals surface area contributed by atoms with Gasteiger partial charge in [0.15, 0.2) is 0 Å². The van der Waals surface area contributed by atoms with Crippen molar-refractivity contribution in [1.82, 2.24) is 14.9 Å². The van der Waals surface area contributed by atoms with Gasteiger partial charge in [0.2, 0.25) is 10.0 Å². The second-order valence-corrected chi connectivity index (χ2v) is 8.10. The van der Waals surface area contributed by atoms with E-state index in [2.05, 4.69) is 14.9 Å². The van der Waals surface area contributed by atoms with E-state index in [0.29, 0.717) is 12.6 Å².